The molecule has 0 saturated carbocycles. The summed E-state index contributed by atoms with van der Waals surface area (Å²) in [6, 6.07) is 3.20. The number of rotatable bonds is 3. The molecule has 0 radical (unpaired) electrons. The molecule has 2 fully saturated rings. The van der Waals surface area contributed by atoms with Crippen LogP contribution in [0.4, 0.5) is 24.8 Å². The third-order valence-electron chi connectivity index (χ3n) is 4.58. The van der Waals surface area contributed by atoms with Crippen molar-refractivity contribution >= 4 is 11.6 Å². The minimum absolute atomic E-state index is 0.0212. The molecule has 0 aromatic carbocycles. The van der Waals surface area contributed by atoms with Gasteiger partial charge in [-0.15, -0.1) is 5.10 Å². The van der Waals surface area contributed by atoms with Crippen molar-refractivity contribution in [3.63, 3.8) is 0 Å². The summed E-state index contributed by atoms with van der Waals surface area (Å²) in [5.74, 6) is -0.128. The lowest BCUT2D eigenvalue weighted by Gasteiger charge is -2.39. The van der Waals surface area contributed by atoms with Crippen molar-refractivity contribution in [3.8, 4) is 0 Å². The second-order valence-electron chi connectivity index (χ2n) is 7.16. The van der Waals surface area contributed by atoms with E-state index in [9.17, 15) is 13.2 Å². The highest BCUT2D eigenvalue weighted by Gasteiger charge is 2.49. The number of ether oxygens (including phenoxy) is 2. The number of nitrogens with zero attached hydrogens (tertiary/aromatic N) is 5. The molecular formula is C17H19F3N6O2. The maximum Gasteiger partial charge on any atom is 0.434 e. The van der Waals surface area contributed by atoms with Crippen LogP contribution >= 0.6 is 0 Å². The van der Waals surface area contributed by atoms with Crippen LogP contribution in [-0.2, 0) is 15.7 Å². The quantitative estimate of drug-likeness (QED) is 0.845. The summed E-state index contributed by atoms with van der Waals surface area (Å²) < 4.78 is 50.8. The summed E-state index contributed by atoms with van der Waals surface area (Å²) in [6.07, 6.45) is -1.70. The highest BCUT2D eigenvalue weighted by molar-refractivity contribution is 5.42. The molecule has 0 spiro atoms. The predicted octanol–water partition coefficient (Wildman–Crippen LogP) is 2.11. The number of piperidine rings is 1. The van der Waals surface area contributed by atoms with Gasteiger partial charge in [-0.2, -0.15) is 18.3 Å². The Kier molecular flexibility index (Phi) is 4.58. The minimum atomic E-state index is -4.57. The van der Waals surface area contributed by atoms with Gasteiger partial charge in [0.1, 0.15) is 18.0 Å². The monoisotopic (exact) mass is 396 g/mol. The molecule has 0 unspecified atom stereocenters. The Balaban J connectivity index is 1.60. The number of halogens is 3. The zero-order chi connectivity index (χ0) is 19.9. The van der Waals surface area contributed by atoms with E-state index < -0.39 is 17.7 Å². The van der Waals surface area contributed by atoms with Crippen LogP contribution in [-0.4, -0.2) is 57.3 Å². The summed E-state index contributed by atoms with van der Waals surface area (Å²) >= 11 is 0. The van der Waals surface area contributed by atoms with Gasteiger partial charge in [0.2, 0.25) is 0 Å². The van der Waals surface area contributed by atoms with E-state index in [0.29, 0.717) is 25.1 Å². The van der Waals surface area contributed by atoms with Gasteiger partial charge in [0, 0.05) is 19.3 Å². The fourth-order valence-electron chi connectivity index (χ4n) is 3.52. The fraction of sp³-hybridized carbons (Fsp3) is 0.529. The first kappa shape index (κ1) is 18.8. The maximum absolute atomic E-state index is 12.9. The van der Waals surface area contributed by atoms with Crippen molar-refractivity contribution in [2.24, 2.45) is 0 Å². The smallest absolute Gasteiger partial charge is 0.362 e. The summed E-state index contributed by atoms with van der Waals surface area (Å²) in [5, 5.41) is 11.0. The van der Waals surface area contributed by atoms with Gasteiger partial charge in [0.25, 0.3) is 0 Å². The molecule has 8 nitrogen and oxygen atoms in total. The average Bonchev–Trinajstić information content (AvgIpc) is 2.96. The van der Waals surface area contributed by atoms with E-state index in [4.69, 9.17) is 9.47 Å². The molecule has 3 atom stereocenters. The lowest BCUT2D eigenvalue weighted by molar-refractivity contribution is -0.145. The molecule has 28 heavy (non-hydrogen) atoms. The Morgan fingerprint density at radius 1 is 1.21 bits per heavy atom. The van der Waals surface area contributed by atoms with Gasteiger partial charge in [-0.05, 0) is 26.0 Å². The second-order valence-corrected chi connectivity index (χ2v) is 7.16. The molecule has 11 heteroatoms. The third kappa shape index (κ3) is 3.85. The van der Waals surface area contributed by atoms with Crippen molar-refractivity contribution < 1.29 is 22.6 Å². The van der Waals surface area contributed by atoms with Crippen LogP contribution in [0.5, 0.6) is 0 Å². The fourth-order valence-corrected chi connectivity index (χ4v) is 3.52. The maximum atomic E-state index is 12.9. The number of aromatic nitrogens is 4. The molecular weight excluding hydrogens is 377 g/mol. The molecule has 2 saturated heterocycles. The van der Waals surface area contributed by atoms with Gasteiger partial charge in [0.05, 0.1) is 18.4 Å². The number of nitrogens with one attached hydrogen (secondary N) is 1. The molecule has 0 amide bonds. The van der Waals surface area contributed by atoms with E-state index in [0.717, 1.165) is 0 Å². The van der Waals surface area contributed by atoms with Crippen LogP contribution in [0.1, 0.15) is 19.5 Å². The van der Waals surface area contributed by atoms with Crippen molar-refractivity contribution in [1.82, 2.24) is 20.2 Å². The van der Waals surface area contributed by atoms with Crippen molar-refractivity contribution in [3.05, 3.63) is 36.4 Å². The van der Waals surface area contributed by atoms with Gasteiger partial charge in [-0.1, -0.05) is 0 Å². The van der Waals surface area contributed by atoms with Crippen LogP contribution < -0.4 is 10.2 Å². The van der Waals surface area contributed by atoms with Crippen molar-refractivity contribution in [1.29, 1.82) is 0 Å². The molecule has 2 aromatic heterocycles. The van der Waals surface area contributed by atoms with Gasteiger partial charge in [-0.3, -0.25) is 4.98 Å². The highest BCUT2D eigenvalue weighted by Crippen LogP contribution is 2.35. The van der Waals surface area contributed by atoms with Crippen LogP contribution in [0.15, 0.2) is 30.7 Å². The molecule has 2 aromatic rings. The van der Waals surface area contributed by atoms with Crippen LogP contribution in [0.2, 0.25) is 0 Å². The SMILES string of the molecule is CC1(C)O[C@@H]2[C@@H](Nc3cncc(C(F)(F)F)n3)CN(c3cccnn3)C[C@@H]2O1. The number of alkyl halides is 3. The number of anilines is 2. The first-order valence-electron chi connectivity index (χ1n) is 8.75. The van der Waals surface area contributed by atoms with Crippen LogP contribution in [0.3, 0.4) is 0 Å². The molecule has 150 valence electrons. The first-order chi connectivity index (χ1) is 13.2. The molecule has 4 rings (SSSR count). The zero-order valence-corrected chi connectivity index (χ0v) is 15.2. The molecule has 4 heterocycles. The molecule has 2 aliphatic heterocycles. The molecule has 2 aliphatic rings. The van der Waals surface area contributed by atoms with Gasteiger partial charge in [0.15, 0.2) is 17.3 Å². The minimum Gasteiger partial charge on any atom is -0.362 e. The van der Waals surface area contributed by atoms with E-state index in [1.54, 1.807) is 26.1 Å². The molecule has 1 N–H and O–H groups in total. The number of fused-ring (bicyclic) bond motifs is 1. The van der Waals surface area contributed by atoms with E-state index in [-0.39, 0.29) is 24.1 Å². The Bertz CT molecular complexity index is 835. The summed E-state index contributed by atoms with van der Waals surface area (Å²) in [7, 11) is 0. The van der Waals surface area contributed by atoms with Crippen molar-refractivity contribution in [2.75, 3.05) is 23.3 Å². The summed E-state index contributed by atoms with van der Waals surface area (Å²) in [5.41, 5.74) is -1.06. The third-order valence-corrected chi connectivity index (χ3v) is 4.58. The normalized spacial score (nSPS) is 26.8. The van der Waals surface area contributed by atoms with E-state index in [2.05, 4.69) is 25.5 Å². The van der Waals surface area contributed by atoms with Gasteiger partial charge in [-0.25, -0.2) is 4.98 Å². The van der Waals surface area contributed by atoms with Gasteiger partial charge < -0.3 is 19.7 Å². The predicted molar refractivity (Wildman–Crippen MR) is 92.5 cm³/mol. The molecule has 0 aliphatic carbocycles. The zero-order valence-electron chi connectivity index (χ0n) is 15.2. The molecule has 0 bridgehead atoms. The number of hydrogen-bond acceptors (Lipinski definition) is 8. The average molecular weight is 396 g/mol. The second kappa shape index (κ2) is 6.82. The van der Waals surface area contributed by atoms with E-state index in [1.807, 2.05) is 11.0 Å². The van der Waals surface area contributed by atoms with Crippen molar-refractivity contribution in [2.45, 2.75) is 44.1 Å². The Hall–Kier alpha value is -2.53. The Labute approximate surface area is 159 Å². The van der Waals surface area contributed by atoms with Crippen LogP contribution in [0, 0.1) is 0 Å². The lowest BCUT2D eigenvalue weighted by Crippen LogP contribution is -2.57. The standard InChI is InChI=1S/C17H19F3N6O2/c1-16(2)27-11-9-26(14-4-3-5-22-25-14)8-10(15(11)28-16)23-13-7-21-6-12(24-13)17(18,19)20/h3-7,10-11,15H,8-9H2,1-2H3,(H,23,24)/t10-,11-,15+/m0/s1. The summed E-state index contributed by atoms with van der Waals surface area (Å²) in [6.45, 7) is 4.56. The van der Waals surface area contributed by atoms with Gasteiger partial charge >= 0.3 is 6.18 Å². The Morgan fingerprint density at radius 2 is 2.04 bits per heavy atom. The topological polar surface area (TPSA) is 85.3 Å². The van der Waals surface area contributed by atoms with Crippen LogP contribution in [0.25, 0.3) is 0 Å². The summed E-state index contributed by atoms with van der Waals surface area (Å²) in [4.78, 5) is 9.26. The first-order valence-corrected chi connectivity index (χ1v) is 8.75. The van der Waals surface area contributed by atoms with E-state index >= 15 is 0 Å². The van der Waals surface area contributed by atoms with E-state index in [1.165, 1.54) is 6.20 Å². The number of hydrogen-bond donors (Lipinski definition) is 1. The Morgan fingerprint density at radius 3 is 2.75 bits per heavy atom. The largest absolute Gasteiger partial charge is 0.434 e. The lowest BCUT2D eigenvalue weighted by atomic mass is 9.99. The highest BCUT2D eigenvalue weighted by atomic mass is 19.4.